The molecule has 3 N–H and O–H groups in total. The second kappa shape index (κ2) is 11.9. The van der Waals surface area contributed by atoms with Gasteiger partial charge in [-0.1, -0.05) is 29.8 Å². The summed E-state index contributed by atoms with van der Waals surface area (Å²) in [4.78, 5) is 28.1. The van der Waals surface area contributed by atoms with E-state index in [9.17, 15) is 14.2 Å². The molecule has 2 aromatic rings. The number of nitrogens with one attached hydrogen (secondary N) is 1. The minimum atomic E-state index is -4.28. The molecule has 1 aromatic heterocycles. The van der Waals surface area contributed by atoms with Crippen molar-refractivity contribution in [1.29, 1.82) is 0 Å². The van der Waals surface area contributed by atoms with Gasteiger partial charge in [-0.15, -0.1) is 0 Å². The zero-order valence-electron chi connectivity index (χ0n) is 20.6. The first-order valence-corrected chi connectivity index (χ1v) is 13.2. The first-order chi connectivity index (χ1) is 17.4. The summed E-state index contributed by atoms with van der Waals surface area (Å²) in [5.74, 6) is -0.592. The van der Waals surface area contributed by atoms with Crippen LogP contribution in [0, 0.1) is 0 Å². The van der Waals surface area contributed by atoms with Crippen molar-refractivity contribution in [2.24, 2.45) is 0 Å². The molecule has 15 heteroatoms. The number of methoxy groups -OCH3 is 1. The topological polar surface area (TPSA) is 153 Å². The maximum absolute atomic E-state index is 15.6. The van der Waals surface area contributed by atoms with Gasteiger partial charge in [0, 0.05) is 13.3 Å². The Morgan fingerprint density at radius 3 is 2.59 bits per heavy atom. The van der Waals surface area contributed by atoms with Crippen molar-refractivity contribution in [3.05, 3.63) is 53.1 Å². The lowest BCUT2D eigenvalue weighted by atomic mass is 10.1. The van der Waals surface area contributed by atoms with Gasteiger partial charge in [0.15, 0.2) is 6.23 Å². The van der Waals surface area contributed by atoms with Gasteiger partial charge in [0.25, 0.3) is 5.13 Å². The minimum Gasteiger partial charge on any atom is -0.462 e. The Labute approximate surface area is 217 Å². The van der Waals surface area contributed by atoms with Crippen molar-refractivity contribution < 1.29 is 37.0 Å². The van der Waals surface area contributed by atoms with Gasteiger partial charge in [0.05, 0.1) is 12.7 Å². The summed E-state index contributed by atoms with van der Waals surface area (Å²) < 4.78 is 57.3. The van der Waals surface area contributed by atoms with Crippen molar-refractivity contribution in [1.82, 2.24) is 14.6 Å². The molecule has 1 aliphatic heterocycles. The highest BCUT2D eigenvalue weighted by Gasteiger charge is 2.59. The standard InChI is InChI=1S/C22H29ClFN4O8P/c1-13(2)34-19(29)14(3)27-37(31,36-15-8-6-5-7-9-15)33-12-16-18(32-4)22(23,24)20(35-16)28-11-10-17(25)26-21(28)30/h5-11,13-14,16,18,20H,12H2,1-4H3,(H,27,31)(H2,25,26,30)/t14-,16+,18+,20+,22+,37?/m0/s1. The number of nitrogen functional groups attached to an aromatic ring is 1. The molecule has 1 unspecified atom stereocenters. The van der Waals surface area contributed by atoms with Crippen molar-refractivity contribution in [2.45, 2.75) is 56.5 Å². The van der Waals surface area contributed by atoms with Gasteiger partial charge in [-0.3, -0.25) is 13.9 Å². The highest BCUT2D eigenvalue weighted by Crippen LogP contribution is 2.49. The van der Waals surface area contributed by atoms with Crippen LogP contribution in [0.5, 0.6) is 5.75 Å². The normalized spacial score (nSPS) is 26.0. The molecule has 1 saturated heterocycles. The highest BCUT2D eigenvalue weighted by atomic mass is 35.5. The molecule has 0 bridgehead atoms. The lowest BCUT2D eigenvalue weighted by Gasteiger charge is -2.26. The number of nitrogens with two attached hydrogens (primary N) is 1. The van der Waals surface area contributed by atoms with Crippen LogP contribution in [0.3, 0.4) is 0 Å². The van der Waals surface area contributed by atoms with Gasteiger partial charge in [-0.05, 0) is 39.0 Å². The van der Waals surface area contributed by atoms with Crippen LogP contribution in [0.25, 0.3) is 0 Å². The van der Waals surface area contributed by atoms with Gasteiger partial charge >= 0.3 is 19.4 Å². The number of anilines is 1. The average molecular weight is 563 g/mol. The third-order valence-electron chi connectivity index (χ3n) is 5.14. The van der Waals surface area contributed by atoms with E-state index >= 15 is 4.39 Å². The SMILES string of the molecule is CO[C@@H]1[C@@H](COP(=O)(N[C@@H](C)C(=O)OC(C)C)Oc2ccccc2)O[C@@H](n2ccc(N)nc2=O)[C@@]1(F)Cl. The number of carbonyl (C=O) groups excluding carboxylic acids is 1. The smallest absolute Gasteiger partial charge is 0.459 e. The van der Waals surface area contributed by atoms with Crippen molar-refractivity contribution in [3.63, 3.8) is 0 Å². The second-order valence-corrected chi connectivity index (χ2v) is 10.7. The Balaban J connectivity index is 1.83. The minimum absolute atomic E-state index is 0.0726. The molecule has 1 aliphatic rings. The van der Waals surface area contributed by atoms with E-state index in [0.717, 1.165) is 4.57 Å². The number of esters is 1. The van der Waals surface area contributed by atoms with Crippen LogP contribution in [-0.4, -0.2) is 58.7 Å². The highest BCUT2D eigenvalue weighted by molar-refractivity contribution is 7.52. The molecular weight excluding hydrogens is 534 g/mol. The summed E-state index contributed by atoms with van der Waals surface area (Å²) in [7, 11) is -3.10. The summed E-state index contributed by atoms with van der Waals surface area (Å²) in [6, 6.07) is 8.24. The zero-order valence-corrected chi connectivity index (χ0v) is 22.2. The molecular formula is C22H29ClFN4O8P. The number of hydrogen-bond acceptors (Lipinski definition) is 10. The number of nitrogens with zero attached hydrogens (tertiary/aromatic N) is 2. The van der Waals surface area contributed by atoms with E-state index in [1.165, 1.54) is 38.4 Å². The quantitative estimate of drug-likeness (QED) is 0.236. The van der Waals surface area contributed by atoms with Crippen LogP contribution in [0.15, 0.2) is 47.4 Å². The summed E-state index contributed by atoms with van der Waals surface area (Å²) in [6.07, 6.45) is -3.62. The predicted molar refractivity (Wildman–Crippen MR) is 132 cm³/mol. The van der Waals surface area contributed by atoms with Crippen LogP contribution in [0.1, 0.15) is 27.0 Å². The van der Waals surface area contributed by atoms with Crippen molar-refractivity contribution >= 4 is 31.1 Å². The first-order valence-electron chi connectivity index (χ1n) is 11.2. The molecule has 12 nitrogen and oxygen atoms in total. The Kier molecular flexibility index (Phi) is 9.32. The molecule has 37 heavy (non-hydrogen) atoms. The molecule has 1 fully saturated rings. The summed E-state index contributed by atoms with van der Waals surface area (Å²) in [5.41, 5.74) is 4.60. The van der Waals surface area contributed by atoms with E-state index in [2.05, 4.69) is 10.1 Å². The molecule has 6 atom stereocenters. The maximum Gasteiger partial charge on any atom is 0.459 e. The van der Waals surface area contributed by atoms with Gasteiger partial charge in [0.1, 0.15) is 29.8 Å². The molecule has 2 heterocycles. The molecule has 0 aliphatic carbocycles. The number of alkyl halides is 2. The van der Waals surface area contributed by atoms with Crippen LogP contribution in [0.4, 0.5) is 10.2 Å². The van der Waals surface area contributed by atoms with Gasteiger partial charge in [-0.25, -0.2) is 13.8 Å². The fraction of sp³-hybridized carbons (Fsp3) is 0.500. The predicted octanol–water partition coefficient (Wildman–Crippen LogP) is 2.78. The van der Waals surface area contributed by atoms with Crippen LogP contribution in [-0.2, 0) is 28.1 Å². The van der Waals surface area contributed by atoms with E-state index in [1.54, 1.807) is 32.0 Å². The van der Waals surface area contributed by atoms with Gasteiger partial charge < -0.3 is 24.5 Å². The number of carbonyl (C=O) groups is 1. The molecule has 204 valence electrons. The van der Waals surface area contributed by atoms with E-state index in [0.29, 0.717) is 0 Å². The average Bonchev–Trinajstić information content (AvgIpc) is 3.07. The molecule has 0 radical (unpaired) electrons. The van der Waals surface area contributed by atoms with Crippen LogP contribution >= 0.6 is 19.3 Å². The Hall–Kier alpha value is -2.54. The maximum atomic E-state index is 15.6. The number of aromatic nitrogens is 2. The lowest BCUT2D eigenvalue weighted by molar-refractivity contribution is -0.149. The van der Waals surface area contributed by atoms with E-state index in [-0.39, 0.29) is 11.6 Å². The van der Waals surface area contributed by atoms with Crippen molar-refractivity contribution in [2.75, 3.05) is 19.5 Å². The largest absolute Gasteiger partial charge is 0.462 e. The number of halogens is 2. The molecule has 3 rings (SSSR count). The summed E-state index contributed by atoms with van der Waals surface area (Å²) in [5, 5.41) is -0.223. The van der Waals surface area contributed by atoms with E-state index in [4.69, 9.17) is 40.6 Å². The summed E-state index contributed by atoms with van der Waals surface area (Å²) >= 11 is 6.13. The number of hydrogen-bond donors (Lipinski definition) is 2. The third kappa shape index (κ3) is 7.07. The Morgan fingerprint density at radius 2 is 2.00 bits per heavy atom. The number of para-hydroxylation sites is 1. The Bertz CT molecular complexity index is 1180. The molecule has 0 amide bonds. The van der Waals surface area contributed by atoms with E-state index in [1.807, 2.05) is 0 Å². The Morgan fingerprint density at radius 1 is 1.32 bits per heavy atom. The number of benzene rings is 1. The van der Waals surface area contributed by atoms with Crippen molar-refractivity contribution in [3.8, 4) is 5.75 Å². The molecule has 0 saturated carbocycles. The second-order valence-electron chi connectivity index (χ2n) is 8.43. The molecule has 1 aromatic carbocycles. The first kappa shape index (κ1) is 29.0. The van der Waals surface area contributed by atoms with E-state index < -0.39 is 61.7 Å². The number of rotatable bonds is 11. The van der Waals surface area contributed by atoms with Gasteiger partial charge in [-0.2, -0.15) is 10.1 Å². The summed E-state index contributed by atoms with van der Waals surface area (Å²) in [6.45, 7) is 4.18. The monoisotopic (exact) mass is 562 g/mol. The molecule has 0 spiro atoms. The third-order valence-corrected chi connectivity index (χ3v) is 7.19. The van der Waals surface area contributed by atoms with Crippen LogP contribution in [0.2, 0.25) is 0 Å². The number of ether oxygens (including phenoxy) is 3. The lowest BCUT2D eigenvalue weighted by Crippen LogP contribution is -2.42. The van der Waals surface area contributed by atoms with Crippen LogP contribution < -0.4 is 21.0 Å². The fourth-order valence-electron chi connectivity index (χ4n) is 3.51. The van der Waals surface area contributed by atoms with Gasteiger partial charge in [0.2, 0.25) is 0 Å². The fourth-order valence-corrected chi connectivity index (χ4v) is 5.40. The zero-order chi connectivity index (χ0) is 27.4.